The Hall–Kier alpha value is -1.63. The molecule has 0 aliphatic rings. The summed E-state index contributed by atoms with van der Waals surface area (Å²) in [6, 6.07) is 8.96. The molecule has 0 heterocycles. The third-order valence-electron chi connectivity index (χ3n) is 2.62. The lowest BCUT2D eigenvalue weighted by atomic mass is 10.1. The summed E-state index contributed by atoms with van der Waals surface area (Å²) in [6.45, 7) is 5.34. The molecule has 6 nitrogen and oxygen atoms in total. The third-order valence-corrected chi connectivity index (χ3v) is 2.62. The molecule has 3 N–H and O–H groups in total. The lowest BCUT2D eigenvalue weighted by Crippen LogP contribution is -2.51. The van der Waals surface area contributed by atoms with Gasteiger partial charge in [-0.3, -0.25) is 0 Å². The maximum absolute atomic E-state index is 11.9. The van der Waals surface area contributed by atoms with Crippen LogP contribution in [-0.2, 0) is 16.0 Å². The van der Waals surface area contributed by atoms with Crippen LogP contribution in [0.5, 0.6) is 0 Å². The number of nitrogens with one attached hydrogen (secondary N) is 2. The zero-order valence-corrected chi connectivity index (χ0v) is 12.9. The van der Waals surface area contributed by atoms with Gasteiger partial charge in [-0.15, -0.1) is 0 Å². The highest BCUT2D eigenvalue weighted by molar-refractivity contribution is 5.68. The van der Waals surface area contributed by atoms with Crippen molar-refractivity contribution < 1.29 is 19.5 Å². The fraction of sp³-hybridized carbons (Fsp3) is 0.533. The van der Waals surface area contributed by atoms with E-state index in [1.165, 1.54) is 7.11 Å². The van der Waals surface area contributed by atoms with E-state index in [1.54, 1.807) is 20.8 Å². The first-order valence-corrected chi connectivity index (χ1v) is 6.82. The molecule has 6 heteroatoms. The van der Waals surface area contributed by atoms with Crippen molar-refractivity contribution in [2.75, 3.05) is 7.11 Å². The number of ether oxygens (including phenoxy) is 1. The molecule has 1 aromatic rings. The van der Waals surface area contributed by atoms with E-state index in [0.717, 1.165) is 5.56 Å². The molecule has 1 rings (SSSR count). The van der Waals surface area contributed by atoms with Crippen LogP contribution in [0.15, 0.2) is 30.3 Å². The molecule has 0 aliphatic carbocycles. The van der Waals surface area contributed by atoms with Crippen LogP contribution >= 0.6 is 0 Å². The van der Waals surface area contributed by atoms with Crippen LogP contribution in [-0.4, -0.2) is 36.2 Å². The van der Waals surface area contributed by atoms with Gasteiger partial charge in [0.15, 0.2) is 0 Å². The minimum Gasteiger partial charge on any atom is -0.444 e. The Balaban J connectivity index is 2.71. The largest absolute Gasteiger partial charge is 0.444 e. The van der Waals surface area contributed by atoms with E-state index in [0.29, 0.717) is 6.42 Å². The van der Waals surface area contributed by atoms with Gasteiger partial charge in [0.05, 0.1) is 13.2 Å². The molecule has 1 unspecified atom stereocenters. The van der Waals surface area contributed by atoms with Crippen molar-refractivity contribution in [2.24, 2.45) is 0 Å². The fourth-order valence-electron chi connectivity index (χ4n) is 1.77. The Morgan fingerprint density at radius 2 is 1.90 bits per heavy atom. The van der Waals surface area contributed by atoms with Crippen molar-refractivity contribution in [1.82, 2.24) is 10.8 Å². The fourth-order valence-corrected chi connectivity index (χ4v) is 1.77. The summed E-state index contributed by atoms with van der Waals surface area (Å²) in [7, 11) is 1.40. The zero-order valence-electron chi connectivity index (χ0n) is 12.9. The molecule has 0 saturated heterocycles. The van der Waals surface area contributed by atoms with E-state index in [-0.39, 0.29) is 0 Å². The average Bonchev–Trinajstić information content (AvgIpc) is 2.37. The topological polar surface area (TPSA) is 79.8 Å². The highest BCUT2D eigenvalue weighted by atomic mass is 16.7. The zero-order chi connectivity index (χ0) is 15.9. The summed E-state index contributed by atoms with van der Waals surface area (Å²) in [4.78, 5) is 16.6. The maximum Gasteiger partial charge on any atom is 0.408 e. The lowest BCUT2D eigenvalue weighted by molar-refractivity contribution is -0.0495. The number of rotatable bonds is 6. The molecule has 0 fully saturated rings. The maximum atomic E-state index is 11.9. The van der Waals surface area contributed by atoms with E-state index in [9.17, 15) is 9.90 Å². The number of hydroxylamine groups is 1. The smallest absolute Gasteiger partial charge is 0.408 e. The first kappa shape index (κ1) is 17.4. The monoisotopic (exact) mass is 296 g/mol. The molecule has 0 aromatic heterocycles. The van der Waals surface area contributed by atoms with Gasteiger partial charge in [0, 0.05) is 0 Å². The number of amides is 1. The molecule has 0 aliphatic heterocycles. The summed E-state index contributed by atoms with van der Waals surface area (Å²) in [5.41, 5.74) is 2.81. The SMILES string of the molecule is CONC(O)[C@H](Cc1ccccc1)NC(=O)OC(C)(C)C. The number of alkyl carbamates (subject to hydrolysis) is 1. The Morgan fingerprint density at radius 1 is 1.29 bits per heavy atom. The second-order valence-corrected chi connectivity index (χ2v) is 5.71. The van der Waals surface area contributed by atoms with Crippen LogP contribution in [0.1, 0.15) is 26.3 Å². The van der Waals surface area contributed by atoms with Crippen molar-refractivity contribution in [3.05, 3.63) is 35.9 Å². The molecular formula is C15H24N2O4. The number of hydrogen-bond acceptors (Lipinski definition) is 5. The number of carbonyl (C=O) groups is 1. The average molecular weight is 296 g/mol. The first-order valence-electron chi connectivity index (χ1n) is 6.82. The van der Waals surface area contributed by atoms with Gasteiger partial charge in [0.2, 0.25) is 0 Å². The van der Waals surface area contributed by atoms with Crippen LogP contribution < -0.4 is 10.8 Å². The van der Waals surface area contributed by atoms with E-state index in [4.69, 9.17) is 9.57 Å². The molecule has 1 aromatic carbocycles. The summed E-state index contributed by atoms with van der Waals surface area (Å²) in [5.74, 6) is 0. The highest BCUT2D eigenvalue weighted by Gasteiger charge is 2.24. The standard InChI is InChI=1S/C15H24N2O4/c1-15(2,3)21-14(19)16-12(13(18)17-20-4)10-11-8-6-5-7-9-11/h5-9,12-13,17-18H,10H2,1-4H3,(H,16,19)/t12-,13?/m0/s1. The first-order chi connectivity index (χ1) is 9.81. The number of aliphatic hydroxyl groups is 1. The lowest BCUT2D eigenvalue weighted by Gasteiger charge is -2.26. The molecule has 0 saturated carbocycles. The van der Waals surface area contributed by atoms with Crippen LogP contribution in [0.4, 0.5) is 4.79 Å². The van der Waals surface area contributed by atoms with Gasteiger partial charge in [-0.25, -0.2) is 4.79 Å². The molecule has 1 amide bonds. The Bertz CT molecular complexity index is 431. The molecule has 118 valence electrons. The predicted molar refractivity (Wildman–Crippen MR) is 79.5 cm³/mol. The van der Waals surface area contributed by atoms with Crippen LogP contribution in [0.3, 0.4) is 0 Å². The van der Waals surface area contributed by atoms with Gasteiger partial charge < -0.3 is 20.0 Å². The van der Waals surface area contributed by atoms with E-state index in [2.05, 4.69) is 10.8 Å². The van der Waals surface area contributed by atoms with Crippen molar-refractivity contribution >= 4 is 6.09 Å². The molecule has 0 radical (unpaired) electrons. The second kappa shape index (κ2) is 7.97. The highest BCUT2D eigenvalue weighted by Crippen LogP contribution is 2.09. The minimum absolute atomic E-state index is 0.442. The molecule has 0 bridgehead atoms. The van der Waals surface area contributed by atoms with E-state index in [1.807, 2.05) is 30.3 Å². The molecular weight excluding hydrogens is 272 g/mol. The van der Waals surface area contributed by atoms with Gasteiger partial charge in [-0.05, 0) is 32.8 Å². The summed E-state index contributed by atoms with van der Waals surface area (Å²) >= 11 is 0. The van der Waals surface area contributed by atoms with Crippen molar-refractivity contribution in [3.8, 4) is 0 Å². The van der Waals surface area contributed by atoms with Gasteiger partial charge in [0.1, 0.15) is 11.8 Å². The van der Waals surface area contributed by atoms with Crippen LogP contribution in [0, 0.1) is 0 Å². The molecule has 0 spiro atoms. The van der Waals surface area contributed by atoms with Crippen LogP contribution in [0.25, 0.3) is 0 Å². The van der Waals surface area contributed by atoms with Gasteiger partial charge in [-0.1, -0.05) is 30.3 Å². The van der Waals surface area contributed by atoms with Gasteiger partial charge in [0.25, 0.3) is 0 Å². The predicted octanol–water partition coefficient (Wildman–Crippen LogP) is 1.59. The number of hydrogen-bond donors (Lipinski definition) is 3. The Labute approximate surface area is 125 Å². The van der Waals surface area contributed by atoms with Crippen molar-refractivity contribution in [2.45, 2.75) is 45.1 Å². The van der Waals surface area contributed by atoms with Gasteiger partial charge >= 0.3 is 6.09 Å². The molecule has 21 heavy (non-hydrogen) atoms. The number of aliphatic hydroxyl groups excluding tert-OH is 1. The van der Waals surface area contributed by atoms with E-state index >= 15 is 0 Å². The summed E-state index contributed by atoms with van der Waals surface area (Å²) in [6.07, 6.45) is -1.19. The summed E-state index contributed by atoms with van der Waals surface area (Å²) in [5, 5.41) is 12.7. The number of carbonyl (C=O) groups excluding carboxylic acids is 1. The quantitative estimate of drug-likeness (QED) is 0.549. The Kier molecular flexibility index (Phi) is 6.61. The molecule has 2 atom stereocenters. The third kappa shape index (κ3) is 7.08. The number of benzene rings is 1. The normalized spacial score (nSPS) is 14.3. The summed E-state index contributed by atoms with van der Waals surface area (Å²) < 4.78 is 5.20. The van der Waals surface area contributed by atoms with Crippen molar-refractivity contribution in [1.29, 1.82) is 0 Å². The van der Waals surface area contributed by atoms with Gasteiger partial charge in [-0.2, -0.15) is 5.48 Å². The second-order valence-electron chi connectivity index (χ2n) is 5.71. The van der Waals surface area contributed by atoms with Crippen LogP contribution in [0.2, 0.25) is 0 Å². The van der Waals surface area contributed by atoms with E-state index < -0.39 is 24.0 Å². The minimum atomic E-state index is -1.05. The Morgan fingerprint density at radius 3 is 2.43 bits per heavy atom. The van der Waals surface area contributed by atoms with Crippen molar-refractivity contribution in [3.63, 3.8) is 0 Å².